The van der Waals surface area contributed by atoms with Gasteiger partial charge >= 0.3 is 0 Å². The number of ether oxygens (including phenoxy) is 2. The summed E-state index contributed by atoms with van der Waals surface area (Å²) < 4.78 is 11.1. The number of Topliss-reactive ketones (excluding diaryl/α,β-unsaturated/α-hetero) is 1. The molecular formula is C21H27NO4. The molecule has 0 fully saturated rings. The highest BCUT2D eigenvalue weighted by atomic mass is 16.5. The largest absolute Gasteiger partial charge is 0.507 e. The number of ketones is 1. The van der Waals surface area contributed by atoms with Crippen molar-refractivity contribution in [1.82, 2.24) is 0 Å². The van der Waals surface area contributed by atoms with Gasteiger partial charge in [-0.25, -0.2) is 0 Å². The number of aromatic hydroxyl groups is 1. The molecule has 0 amide bonds. The number of nitrogens with one attached hydrogen (secondary N) is 1. The number of benzene rings is 2. The molecule has 2 rings (SSSR count). The van der Waals surface area contributed by atoms with Crippen LogP contribution in [-0.2, 0) is 12.0 Å². The zero-order valence-corrected chi connectivity index (χ0v) is 16.3. The number of methoxy groups -OCH3 is 2. The average Bonchev–Trinajstić information content (AvgIpc) is 2.57. The van der Waals surface area contributed by atoms with Gasteiger partial charge in [0.1, 0.15) is 17.2 Å². The van der Waals surface area contributed by atoms with E-state index in [2.05, 4.69) is 26.1 Å². The molecule has 2 aromatic rings. The van der Waals surface area contributed by atoms with Gasteiger partial charge in [0.2, 0.25) is 0 Å². The summed E-state index contributed by atoms with van der Waals surface area (Å²) in [4.78, 5) is 11.4. The zero-order chi connectivity index (χ0) is 19.5. The molecule has 5 heteroatoms. The summed E-state index contributed by atoms with van der Waals surface area (Å²) in [6.07, 6.45) is 0. The quantitative estimate of drug-likeness (QED) is 0.744. The molecule has 2 N–H and O–H groups in total. The van der Waals surface area contributed by atoms with Crippen molar-refractivity contribution < 1.29 is 19.4 Å². The van der Waals surface area contributed by atoms with Crippen molar-refractivity contribution in [2.75, 3.05) is 19.5 Å². The van der Waals surface area contributed by atoms with Crippen LogP contribution in [0.4, 0.5) is 5.69 Å². The molecule has 0 aliphatic heterocycles. The molecule has 0 heterocycles. The van der Waals surface area contributed by atoms with Gasteiger partial charge in [0.15, 0.2) is 5.78 Å². The smallest absolute Gasteiger partial charge is 0.163 e. The van der Waals surface area contributed by atoms with Gasteiger partial charge in [-0.15, -0.1) is 0 Å². The summed E-state index contributed by atoms with van der Waals surface area (Å²) in [5.74, 6) is 1.28. The van der Waals surface area contributed by atoms with Crippen LogP contribution in [0.3, 0.4) is 0 Å². The third-order valence-electron chi connectivity index (χ3n) is 4.32. The van der Waals surface area contributed by atoms with Crippen LogP contribution in [-0.4, -0.2) is 25.1 Å². The number of hydrogen-bond donors (Lipinski definition) is 2. The lowest BCUT2D eigenvalue weighted by atomic mass is 9.86. The lowest BCUT2D eigenvalue weighted by molar-refractivity contribution is 0.101. The molecule has 2 aromatic carbocycles. The van der Waals surface area contributed by atoms with Crippen molar-refractivity contribution in [3.05, 3.63) is 47.0 Å². The lowest BCUT2D eigenvalue weighted by Crippen LogP contribution is -2.13. The number of hydrogen-bond acceptors (Lipinski definition) is 5. The van der Waals surface area contributed by atoms with Crippen LogP contribution in [0.15, 0.2) is 30.3 Å². The molecule has 0 saturated heterocycles. The maximum atomic E-state index is 11.4. The van der Waals surface area contributed by atoms with Crippen molar-refractivity contribution in [3.8, 4) is 17.2 Å². The summed E-state index contributed by atoms with van der Waals surface area (Å²) >= 11 is 0. The average molecular weight is 357 g/mol. The monoisotopic (exact) mass is 357 g/mol. The maximum Gasteiger partial charge on any atom is 0.163 e. The van der Waals surface area contributed by atoms with E-state index >= 15 is 0 Å². The molecule has 26 heavy (non-hydrogen) atoms. The molecule has 0 unspecified atom stereocenters. The van der Waals surface area contributed by atoms with E-state index in [-0.39, 0.29) is 16.9 Å². The predicted molar refractivity (Wildman–Crippen MR) is 104 cm³/mol. The Bertz CT molecular complexity index is 781. The fourth-order valence-corrected chi connectivity index (χ4v) is 2.72. The number of anilines is 1. The molecule has 140 valence electrons. The van der Waals surface area contributed by atoms with Crippen LogP contribution in [0.25, 0.3) is 0 Å². The standard InChI is InChI=1S/C21H27NO4/c1-13(23)16-8-7-15(11-18(16)24)22-12-17-19(25-5)9-14(21(2,3)4)10-20(17)26-6/h7-11,22,24H,12H2,1-6H3. The minimum Gasteiger partial charge on any atom is -0.507 e. The van der Waals surface area contributed by atoms with Crippen molar-refractivity contribution in [1.29, 1.82) is 0 Å². The number of rotatable bonds is 6. The summed E-state index contributed by atoms with van der Waals surface area (Å²) in [6, 6.07) is 8.96. The SMILES string of the molecule is COc1cc(C(C)(C)C)cc(OC)c1CNc1ccc(C(C)=O)c(O)c1. The molecule has 0 bridgehead atoms. The number of carbonyl (C=O) groups is 1. The Morgan fingerprint density at radius 1 is 1.08 bits per heavy atom. The Morgan fingerprint density at radius 3 is 2.08 bits per heavy atom. The highest BCUT2D eigenvalue weighted by molar-refractivity contribution is 5.97. The summed E-state index contributed by atoms with van der Waals surface area (Å²) in [5.41, 5.74) is 2.99. The van der Waals surface area contributed by atoms with E-state index in [0.717, 1.165) is 22.6 Å². The van der Waals surface area contributed by atoms with Crippen LogP contribution in [0.1, 0.15) is 49.2 Å². The van der Waals surface area contributed by atoms with Gasteiger partial charge in [0, 0.05) is 18.3 Å². The van der Waals surface area contributed by atoms with E-state index < -0.39 is 0 Å². The minimum atomic E-state index is -0.171. The molecule has 5 nitrogen and oxygen atoms in total. The van der Waals surface area contributed by atoms with E-state index in [9.17, 15) is 9.90 Å². The molecule has 0 aliphatic rings. The second-order valence-electron chi connectivity index (χ2n) is 7.25. The number of phenols is 1. The fourth-order valence-electron chi connectivity index (χ4n) is 2.72. The first-order valence-electron chi connectivity index (χ1n) is 8.50. The molecular weight excluding hydrogens is 330 g/mol. The van der Waals surface area contributed by atoms with Crippen molar-refractivity contribution in [3.63, 3.8) is 0 Å². The van der Waals surface area contributed by atoms with Gasteiger partial charge in [-0.3, -0.25) is 4.79 Å². The summed E-state index contributed by atoms with van der Waals surface area (Å²) in [7, 11) is 3.27. The Kier molecular flexibility index (Phi) is 5.80. The highest BCUT2D eigenvalue weighted by Gasteiger charge is 2.20. The Labute approximate surface area is 155 Å². The first-order valence-corrected chi connectivity index (χ1v) is 8.50. The van der Waals surface area contributed by atoms with Crippen molar-refractivity contribution in [2.45, 2.75) is 39.7 Å². The minimum absolute atomic E-state index is 0.0270. The summed E-state index contributed by atoms with van der Waals surface area (Å²) in [5, 5.41) is 13.2. The Hall–Kier alpha value is -2.69. The molecule has 0 atom stereocenters. The highest BCUT2D eigenvalue weighted by Crippen LogP contribution is 2.36. The number of carbonyl (C=O) groups excluding carboxylic acids is 1. The first-order chi connectivity index (χ1) is 12.2. The van der Waals surface area contributed by atoms with Gasteiger partial charge in [-0.05, 0) is 42.2 Å². The van der Waals surface area contributed by atoms with Gasteiger partial charge in [-0.2, -0.15) is 0 Å². The van der Waals surface area contributed by atoms with E-state index in [4.69, 9.17) is 9.47 Å². The van der Waals surface area contributed by atoms with E-state index in [1.807, 2.05) is 12.1 Å². The van der Waals surface area contributed by atoms with Gasteiger partial charge < -0.3 is 19.9 Å². The Morgan fingerprint density at radius 2 is 1.65 bits per heavy atom. The topological polar surface area (TPSA) is 67.8 Å². The fraction of sp³-hybridized carbons (Fsp3) is 0.381. The van der Waals surface area contributed by atoms with Crippen molar-refractivity contribution >= 4 is 11.5 Å². The van der Waals surface area contributed by atoms with Gasteiger partial charge in [-0.1, -0.05) is 20.8 Å². The van der Waals surface area contributed by atoms with E-state index in [0.29, 0.717) is 17.8 Å². The van der Waals surface area contributed by atoms with Crippen LogP contribution in [0.2, 0.25) is 0 Å². The van der Waals surface area contributed by atoms with Crippen LogP contribution < -0.4 is 14.8 Å². The lowest BCUT2D eigenvalue weighted by Gasteiger charge is -2.23. The predicted octanol–water partition coefficient (Wildman–Crippen LogP) is 4.52. The molecule has 0 spiro atoms. The first kappa shape index (κ1) is 19.6. The third kappa shape index (κ3) is 4.28. The molecule has 0 saturated carbocycles. The molecule has 0 aliphatic carbocycles. The second-order valence-corrected chi connectivity index (χ2v) is 7.25. The normalized spacial score (nSPS) is 11.2. The third-order valence-corrected chi connectivity index (χ3v) is 4.32. The molecule has 0 aromatic heterocycles. The van der Waals surface area contributed by atoms with Crippen LogP contribution >= 0.6 is 0 Å². The van der Waals surface area contributed by atoms with Gasteiger partial charge in [0.25, 0.3) is 0 Å². The zero-order valence-electron chi connectivity index (χ0n) is 16.3. The Balaban J connectivity index is 2.31. The number of phenolic OH excluding ortho intramolecular Hbond substituents is 1. The van der Waals surface area contributed by atoms with E-state index in [1.54, 1.807) is 32.4 Å². The van der Waals surface area contributed by atoms with E-state index in [1.165, 1.54) is 6.92 Å². The maximum absolute atomic E-state index is 11.4. The van der Waals surface area contributed by atoms with Gasteiger partial charge in [0.05, 0.1) is 25.3 Å². The second kappa shape index (κ2) is 7.68. The molecule has 0 radical (unpaired) electrons. The van der Waals surface area contributed by atoms with Crippen LogP contribution in [0, 0.1) is 0 Å². The summed E-state index contributed by atoms with van der Waals surface area (Å²) in [6.45, 7) is 8.29. The van der Waals surface area contributed by atoms with Crippen molar-refractivity contribution in [2.24, 2.45) is 0 Å². The van der Waals surface area contributed by atoms with Crippen LogP contribution in [0.5, 0.6) is 17.2 Å².